The predicted octanol–water partition coefficient (Wildman–Crippen LogP) is 3.96. The van der Waals surface area contributed by atoms with Gasteiger partial charge in [-0.25, -0.2) is 9.59 Å². The van der Waals surface area contributed by atoms with Crippen molar-refractivity contribution in [3.63, 3.8) is 0 Å². The van der Waals surface area contributed by atoms with Gasteiger partial charge < -0.3 is 14.7 Å². The van der Waals surface area contributed by atoms with Crippen molar-refractivity contribution in [3.05, 3.63) is 33.8 Å². The Morgan fingerprint density at radius 1 is 1.31 bits per heavy atom. The van der Waals surface area contributed by atoms with Gasteiger partial charge in [-0.1, -0.05) is 34.4 Å². The zero-order valence-electron chi connectivity index (χ0n) is 14.7. The first-order chi connectivity index (χ1) is 12.1. The summed E-state index contributed by atoms with van der Waals surface area (Å²) < 4.78 is 5.25. The van der Waals surface area contributed by atoms with Crippen molar-refractivity contribution in [2.75, 3.05) is 6.54 Å². The topological polar surface area (TPSA) is 88.4 Å². The normalized spacial score (nSPS) is 18.9. The van der Waals surface area contributed by atoms with Gasteiger partial charge >= 0.3 is 12.1 Å². The number of amides is 1. The van der Waals surface area contributed by atoms with E-state index >= 15 is 0 Å². The van der Waals surface area contributed by atoms with E-state index in [-0.39, 0.29) is 19.6 Å². The van der Waals surface area contributed by atoms with Crippen molar-refractivity contribution >= 4 is 41.0 Å². The van der Waals surface area contributed by atoms with Crippen LogP contribution in [0.1, 0.15) is 32.8 Å². The number of carbonyl (C=O) groups is 2. The number of oxime groups is 1. The van der Waals surface area contributed by atoms with Crippen molar-refractivity contribution in [2.24, 2.45) is 5.16 Å². The number of ether oxygens (including phenoxy) is 1. The van der Waals surface area contributed by atoms with E-state index in [9.17, 15) is 14.7 Å². The number of halogens is 2. The number of carbonyl (C=O) groups excluding carboxylic acids is 1. The first-order valence-corrected chi connectivity index (χ1v) is 8.66. The van der Waals surface area contributed by atoms with E-state index < -0.39 is 23.7 Å². The molecule has 2 rings (SSSR count). The van der Waals surface area contributed by atoms with Crippen LogP contribution in [0.25, 0.3) is 0 Å². The Morgan fingerprint density at radius 2 is 2.00 bits per heavy atom. The summed E-state index contributed by atoms with van der Waals surface area (Å²) in [6, 6.07) is 4.02. The number of likely N-dealkylation sites (tertiary alicyclic amines) is 1. The highest BCUT2D eigenvalue weighted by atomic mass is 35.5. The van der Waals surface area contributed by atoms with Crippen molar-refractivity contribution in [2.45, 2.75) is 45.4 Å². The zero-order valence-corrected chi connectivity index (χ0v) is 16.2. The maximum atomic E-state index is 12.2. The summed E-state index contributed by atoms with van der Waals surface area (Å²) in [7, 11) is 0. The number of benzene rings is 1. The van der Waals surface area contributed by atoms with E-state index in [1.807, 2.05) is 0 Å². The highest BCUT2D eigenvalue weighted by Crippen LogP contribution is 2.23. The minimum atomic E-state index is -1.12. The maximum Gasteiger partial charge on any atom is 0.411 e. The summed E-state index contributed by atoms with van der Waals surface area (Å²) in [5, 5.41) is 14.1. The van der Waals surface area contributed by atoms with Crippen molar-refractivity contribution < 1.29 is 24.3 Å². The number of hydrogen-bond acceptors (Lipinski definition) is 5. The number of aliphatic carboxylic acids is 1. The molecule has 26 heavy (non-hydrogen) atoms. The van der Waals surface area contributed by atoms with Crippen LogP contribution in [0.3, 0.4) is 0 Å². The Kier molecular flexibility index (Phi) is 6.36. The van der Waals surface area contributed by atoms with E-state index in [2.05, 4.69) is 5.16 Å². The molecule has 1 aliphatic heterocycles. The minimum absolute atomic E-state index is 0.0350. The number of rotatable bonds is 4. The van der Waals surface area contributed by atoms with E-state index in [1.54, 1.807) is 39.0 Å². The number of carboxylic acid groups (broad SMARTS) is 1. The SMILES string of the molecule is CC(C)(C)OC(=O)N1CC(=NOCc2ccc(Cl)c(Cl)c2)C[C@H]1C(=O)O. The first-order valence-electron chi connectivity index (χ1n) is 7.91. The molecular formula is C17H20Cl2N2O5. The fraction of sp³-hybridized carbons (Fsp3) is 0.471. The third-order valence-corrected chi connectivity index (χ3v) is 4.22. The van der Waals surface area contributed by atoms with Crippen LogP contribution in [0.15, 0.2) is 23.4 Å². The summed E-state index contributed by atoms with van der Waals surface area (Å²) in [4.78, 5) is 30.0. The Morgan fingerprint density at radius 3 is 2.58 bits per heavy atom. The lowest BCUT2D eigenvalue weighted by molar-refractivity contribution is -0.142. The summed E-state index contributed by atoms with van der Waals surface area (Å²) in [5.74, 6) is -1.12. The molecule has 0 bridgehead atoms. The van der Waals surface area contributed by atoms with Crippen LogP contribution in [0.2, 0.25) is 10.0 Å². The largest absolute Gasteiger partial charge is 0.480 e. The molecule has 1 aromatic rings. The van der Waals surface area contributed by atoms with E-state index in [0.29, 0.717) is 15.8 Å². The predicted molar refractivity (Wildman–Crippen MR) is 97.7 cm³/mol. The fourth-order valence-electron chi connectivity index (χ4n) is 2.33. The van der Waals surface area contributed by atoms with Gasteiger partial charge in [0.25, 0.3) is 0 Å². The molecule has 1 aliphatic rings. The molecule has 1 amide bonds. The van der Waals surface area contributed by atoms with Crippen LogP contribution >= 0.6 is 23.2 Å². The molecule has 0 saturated carbocycles. The van der Waals surface area contributed by atoms with Crippen LogP contribution < -0.4 is 0 Å². The molecule has 9 heteroatoms. The number of hydrogen-bond donors (Lipinski definition) is 1. The number of nitrogens with zero attached hydrogens (tertiary/aromatic N) is 2. The van der Waals surface area contributed by atoms with E-state index in [4.69, 9.17) is 32.8 Å². The summed E-state index contributed by atoms with van der Waals surface area (Å²) in [5.41, 5.74) is 0.494. The van der Waals surface area contributed by atoms with Crippen molar-refractivity contribution in [3.8, 4) is 0 Å². The molecule has 1 atom stereocenters. The van der Waals surface area contributed by atoms with Gasteiger partial charge in [0.15, 0.2) is 0 Å². The highest BCUT2D eigenvalue weighted by molar-refractivity contribution is 6.42. The van der Waals surface area contributed by atoms with Gasteiger partial charge in [0, 0.05) is 6.42 Å². The van der Waals surface area contributed by atoms with Crippen LogP contribution in [-0.4, -0.2) is 46.0 Å². The van der Waals surface area contributed by atoms with E-state index in [0.717, 1.165) is 10.5 Å². The van der Waals surface area contributed by atoms with Crippen molar-refractivity contribution in [1.82, 2.24) is 4.90 Å². The summed E-state index contributed by atoms with van der Waals surface area (Å²) in [6.45, 7) is 5.32. The minimum Gasteiger partial charge on any atom is -0.480 e. The molecule has 7 nitrogen and oxygen atoms in total. The van der Waals surface area contributed by atoms with E-state index in [1.165, 1.54) is 0 Å². The lowest BCUT2D eigenvalue weighted by Gasteiger charge is -2.26. The third-order valence-electron chi connectivity index (χ3n) is 3.48. The van der Waals surface area contributed by atoms with Gasteiger partial charge in [-0.15, -0.1) is 0 Å². The molecule has 0 radical (unpaired) electrons. The molecule has 1 N–H and O–H groups in total. The second-order valence-corrected chi connectivity index (χ2v) is 7.66. The molecule has 0 spiro atoms. The molecule has 1 fully saturated rings. The molecule has 0 aliphatic carbocycles. The van der Waals surface area contributed by atoms with Gasteiger partial charge in [0.1, 0.15) is 18.2 Å². The highest BCUT2D eigenvalue weighted by Gasteiger charge is 2.40. The molecule has 0 aromatic heterocycles. The van der Waals surface area contributed by atoms with Gasteiger partial charge in [0.05, 0.1) is 22.3 Å². The quantitative estimate of drug-likeness (QED) is 0.769. The van der Waals surface area contributed by atoms with Crippen LogP contribution in [0, 0.1) is 0 Å². The lowest BCUT2D eigenvalue weighted by Crippen LogP contribution is -2.43. The molecule has 0 unspecified atom stereocenters. The Hall–Kier alpha value is -1.99. The van der Waals surface area contributed by atoms with Gasteiger partial charge in [-0.05, 0) is 38.5 Å². The maximum absolute atomic E-state index is 12.2. The van der Waals surface area contributed by atoms with Gasteiger partial charge in [-0.3, -0.25) is 4.90 Å². The number of carboxylic acids is 1. The van der Waals surface area contributed by atoms with Crippen LogP contribution in [-0.2, 0) is 21.0 Å². The Balaban J connectivity index is 2.01. The molecule has 1 aromatic carbocycles. The Bertz CT molecular complexity index is 730. The average molecular weight is 403 g/mol. The lowest BCUT2D eigenvalue weighted by atomic mass is 10.2. The average Bonchev–Trinajstić information content (AvgIpc) is 2.94. The second kappa shape index (κ2) is 8.14. The molecule has 142 valence electrons. The molecule has 1 saturated heterocycles. The third kappa shape index (κ3) is 5.51. The first kappa shape index (κ1) is 20.3. The van der Waals surface area contributed by atoms with Gasteiger partial charge in [0.2, 0.25) is 0 Å². The monoisotopic (exact) mass is 402 g/mol. The second-order valence-electron chi connectivity index (χ2n) is 6.85. The van der Waals surface area contributed by atoms with Crippen LogP contribution in [0.4, 0.5) is 4.79 Å². The summed E-state index contributed by atoms with van der Waals surface area (Å²) in [6.07, 6.45) is -0.616. The fourth-order valence-corrected chi connectivity index (χ4v) is 2.65. The van der Waals surface area contributed by atoms with Gasteiger partial charge in [-0.2, -0.15) is 0 Å². The van der Waals surface area contributed by atoms with Crippen molar-refractivity contribution in [1.29, 1.82) is 0 Å². The molecule has 1 heterocycles. The standard InChI is InChI=1S/C17H20Cl2N2O5/c1-17(2,3)26-16(24)21-8-11(7-14(21)15(22)23)20-25-9-10-4-5-12(18)13(19)6-10/h4-6,14H,7-9H2,1-3H3,(H,22,23)/t14-/m0/s1. The summed E-state index contributed by atoms with van der Waals surface area (Å²) >= 11 is 11.8. The smallest absolute Gasteiger partial charge is 0.411 e. The van der Waals surface area contributed by atoms with Crippen LogP contribution in [0.5, 0.6) is 0 Å². The zero-order chi connectivity index (χ0) is 19.5. The molecular weight excluding hydrogens is 383 g/mol. The Labute approximate surface area is 161 Å².